The van der Waals surface area contributed by atoms with Gasteiger partial charge in [-0.1, -0.05) is 16.6 Å². The third-order valence-electron chi connectivity index (χ3n) is 1.34. The second-order valence-corrected chi connectivity index (χ2v) is 3.41. The second kappa shape index (κ2) is 3.84. The van der Waals surface area contributed by atoms with Crippen LogP contribution in [-0.4, -0.2) is 5.91 Å². The number of anilines is 1. The van der Waals surface area contributed by atoms with Gasteiger partial charge in [0.15, 0.2) is 0 Å². The fourth-order valence-corrected chi connectivity index (χ4v) is 1.38. The molecule has 0 heterocycles. The molecule has 0 aromatic heterocycles. The summed E-state index contributed by atoms with van der Waals surface area (Å²) in [5.41, 5.74) is 0.297. The molecule has 2 nitrogen and oxygen atoms in total. The van der Waals surface area contributed by atoms with Crippen LogP contribution < -0.4 is 5.12 Å². The largest absolute Gasteiger partial charge is 0.272 e. The van der Waals surface area contributed by atoms with E-state index in [1.165, 1.54) is 6.92 Å². The van der Waals surface area contributed by atoms with Gasteiger partial charge in [0, 0.05) is 10.5 Å². The Bertz CT molecular complexity index is 303. The Morgan fingerprint density at radius 2 is 2.08 bits per heavy atom. The van der Waals surface area contributed by atoms with E-state index in [-0.39, 0.29) is 5.12 Å². The van der Waals surface area contributed by atoms with Crippen LogP contribution in [0.2, 0.25) is 0 Å². The van der Waals surface area contributed by atoms with Gasteiger partial charge in [-0.15, -0.1) is 5.12 Å². The number of nitrogens with zero attached hydrogens (tertiary/aromatic N) is 1. The van der Waals surface area contributed by atoms with E-state index in [1.54, 1.807) is 24.3 Å². The van der Waals surface area contributed by atoms with E-state index in [0.717, 1.165) is 0 Å². The highest BCUT2D eigenvalue weighted by Crippen LogP contribution is 2.22. The Balaban J connectivity index is 3.02. The van der Waals surface area contributed by atoms with Crippen molar-refractivity contribution < 1.29 is 9.28 Å². The number of amides is 1. The summed E-state index contributed by atoms with van der Waals surface area (Å²) in [7, 11) is 0. The number of rotatable bonds is 1. The molecule has 0 aliphatic carbocycles. The van der Waals surface area contributed by atoms with Crippen molar-refractivity contribution in [1.29, 1.82) is 0 Å². The SMILES string of the molecule is CC(=O)N(F)c1ccccc1I. The van der Waals surface area contributed by atoms with Gasteiger partial charge in [0.25, 0.3) is 5.91 Å². The fourth-order valence-electron chi connectivity index (χ4n) is 0.781. The van der Waals surface area contributed by atoms with Gasteiger partial charge in [0.2, 0.25) is 0 Å². The molecule has 0 saturated carbocycles. The first-order valence-electron chi connectivity index (χ1n) is 3.34. The van der Waals surface area contributed by atoms with E-state index in [4.69, 9.17) is 0 Å². The monoisotopic (exact) mass is 279 g/mol. The number of para-hydroxylation sites is 1. The maximum atomic E-state index is 13.0. The highest BCUT2D eigenvalue weighted by atomic mass is 127. The second-order valence-electron chi connectivity index (χ2n) is 2.25. The molecule has 64 valence electrons. The summed E-state index contributed by atoms with van der Waals surface area (Å²) < 4.78 is 13.7. The highest BCUT2D eigenvalue weighted by Gasteiger charge is 2.11. The summed E-state index contributed by atoms with van der Waals surface area (Å²) in [6, 6.07) is 6.78. The predicted molar refractivity (Wildman–Crippen MR) is 53.4 cm³/mol. The van der Waals surface area contributed by atoms with Crippen LogP contribution in [0.1, 0.15) is 6.92 Å². The van der Waals surface area contributed by atoms with Crippen LogP contribution >= 0.6 is 22.6 Å². The van der Waals surface area contributed by atoms with E-state index in [0.29, 0.717) is 9.26 Å². The minimum absolute atomic E-state index is 0.141. The number of benzene rings is 1. The molecule has 0 spiro atoms. The smallest absolute Gasteiger partial charge is 0.251 e. The quantitative estimate of drug-likeness (QED) is 0.571. The third-order valence-corrected chi connectivity index (χ3v) is 2.25. The maximum absolute atomic E-state index is 13.0. The molecule has 0 saturated heterocycles. The number of carbonyl (C=O) groups excluding carboxylic acids is 1. The zero-order valence-electron chi connectivity index (χ0n) is 6.42. The van der Waals surface area contributed by atoms with Crippen LogP contribution in [0.4, 0.5) is 10.2 Å². The standard InChI is InChI=1S/C8H7FINO/c1-6(12)11(9)8-5-3-2-4-7(8)10/h2-5H,1H3. The van der Waals surface area contributed by atoms with Crippen LogP contribution in [0, 0.1) is 3.57 Å². The van der Waals surface area contributed by atoms with Crippen molar-refractivity contribution in [3.63, 3.8) is 0 Å². The number of halogens is 2. The summed E-state index contributed by atoms with van der Waals surface area (Å²) >= 11 is 1.98. The normalized spacial score (nSPS) is 9.58. The van der Waals surface area contributed by atoms with Crippen LogP contribution in [0.25, 0.3) is 0 Å². The number of carbonyl (C=O) groups is 1. The molecule has 0 N–H and O–H groups in total. The van der Waals surface area contributed by atoms with Gasteiger partial charge in [-0.3, -0.25) is 4.79 Å². The Morgan fingerprint density at radius 1 is 1.50 bits per heavy atom. The summed E-state index contributed by atoms with van der Waals surface area (Å²) in [4.78, 5) is 10.6. The minimum Gasteiger partial charge on any atom is -0.272 e. The van der Waals surface area contributed by atoms with Crippen LogP contribution in [0.3, 0.4) is 0 Å². The molecule has 1 rings (SSSR count). The molecular weight excluding hydrogens is 272 g/mol. The van der Waals surface area contributed by atoms with E-state index >= 15 is 0 Å². The molecule has 0 aliphatic rings. The van der Waals surface area contributed by atoms with E-state index in [2.05, 4.69) is 0 Å². The van der Waals surface area contributed by atoms with Crippen molar-refractivity contribution in [2.24, 2.45) is 0 Å². The average Bonchev–Trinajstić information content (AvgIpc) is 2.04. The lowest BCUT2D eigenvalue weighted by molar-refractivity contribution is -0.119. The molecule has 0 fully saturated rings. The molecule has 0 atom stereocenters. The van der Waals surface area contributed by atoms with Gasteiger partial charge in [0.1, 0.15) is 0 Å². The first-order valence-corrected chi connectivity index (χ1v) is 4.42. The first-order chi connectivity index (χ1) is 5.63. The van der Waals surface area contributed by atoms with Crippen LogP contribution in [0.5, 0.6) is 0 Å². The molecule has 0 unspecified atom stereocenters. The lowest BCUT2D eigenvalue weighted by atomic mass is 10.3. The number of hydrogen-bond donors (Lipinski definition) is 0. The lowest BCUT2D eigenvalue weighted by Gasteiger charge is -2.10. The molecule has 0 aliphatic heterocycles. The molecule has 0 radical (unpaired) electrons. The van der Waals surface area contributed by atoms with Crippen molar-refractivity contribution in [3.05, 3.63) is 27.8 Å². The highest BCUT2D eigenvalue weighted by molar-refractivity contribution is 14.1. The van der Waals surface area contributed by atoms with Crippen molar-refractivity contribution in [3.8, 4) is 0 Å². The van der Waals surface area contributed by atoms with E-state index in [9.17, 15) is 9.28 Å². The Hall–Kier alpha value is -0.650. The lowest BCUT2D eigenvalue weighted by Crippen LogP contribution is -2.18. The molecular formula is C8H7FINO. The van der Waals surface area contributed by atoms with Crippen molar-refractivity contribution in [2.45, 2.75) is 6.92 Å². The van der Waals surface area contributed by atoms with Crippen LogP contribution in [-0.2, 0) is 4.79 Å². The van der Waals surface area contributed by atoms with Gasteiger partial charge in [0.05, 0.1) is 5.69 Å². The molecule has 12 heavy (non-hydrogen) atoms. The Kier molecular flexibility index (Phi) is 3.02. The zero-order chi connectivity index (χ0) is 9.14. The molecule has 0 bridgehead atoms. The average molecular weight is 279 g/mol. The zero-order valence-corrected chi connectivity index (χ0v) is 8.58. The van der Waals surface area contributed by atoms with Crippen LogP contribution in [0.15, 0.2) is 24.3 Å². The molecule has 1 aromatic carbocycles. The van der Waals surface area contributed by atoms with E-state index < -0.39 is 5.91 Å². The predicted octanol–water partition coefficient (Wildman–Crippen LogP) is 2.53. The Morgan fingerprint density at radius 3 is 2.58 bits per heavy atom. The topological polar surface area (TPSA) is 20.3 Å². The fraction of sp³-hybridized carbons (Fsp3) is 0.125. The molecule has 1 aromatic rings. The molecule has 1 amide bonds. The van der Waals surface area contributed by atoms with Crippen molar-refractivity contribution >= 4 is 34.2 Å². The summed E-state index contributed by atoms with van der Waals surface area (Å²) in [6.45, 7) is 1.18. The van der Waals surface area contributed by atoms with Gasteiger partial charge < -0.3 is 0 Å². The van der Waals surface area contributed by atoms with Gasteiger partial charge in [-0.2, -0.15) is 0 Å². The maximum Gasteiger partial charge on any atom is 0.251 e. The first kappa shape index (κ1) is 9.44. The van der Waals surface area contributed by atoms with Gasteiger partial charge in [-0.25, -0.2) is 0 Å². The Labute approximate surface area is 83.4 Å². The summed E-state index contributed by atoms with van der Waals surface area (Å²) in [6.07, 6.45) is 0. The van der Waals surface area contributed by atoms with Crippen molar-refractivity contribution in [2.75, 3.05) is 5.12 Å². The van der Waals surface area contributed by atoms with E-state index in [1.807, 2.05) is 22.6 Å². The summed E-state index contributed by atoms with van der Waals surface area (Å²) in [5, 5.41) is 0.141. The van der Waals surface area contributed by atoms with Gasteiger partial charge >= 0.3 is 0 Å². The van der Waals surface area contributed by atoms with Gasteiger partial charge in [-0.05, 0) is 34.7 Å². The third kappa shape index (κ3) is 1.94. The minimum atomic E-state index is -0.612. The van der Waals surface area contributed by atoms with Crippen molar-refractivity contribution in [1.82, 2.24) is 0 Å². The summed E-state index contributed by atoms with van der Waals surface area (Å²) in [5.74, 6) is -0.612. The number of hydrogen-bond acceptors (Lipinski definition) is 1. The molecule has 4 heteroatoms.